The van der Waals surface area contributed by atoms with Gasteiger partial charge in [-0.1, -0.05) is 18.2 Å². The molecule has 6 nitrogen and oxygen atoms in total. The Balaban J connectivity index is 1.41. The number of benzene rings is 2. The average molecular weight is 456 g/mol. The highest BCUT2D eigenvalue weighted by Crippen LogP contribution is 2.44. The molecule has 0 aliphatic carbocycles. The van der Waals surface area contributed by atoms with Gasteiger partial charge in [0.05, 0.1) is 16.8 Å². The molecule has 3 aromatic rings. The van der Waals surface area contributed by atoms with Crippen LogP contribution in [0.15, 0.2) is 60.5 Å². The number of hydrogen-bond donors (Lipinski definition) is 0. The van der Waals surface area contributed by atoms with Gasteiger partial charge < -0.3 is 14.4 Å². The Hall–Kier alpha value is -3.64. The van der Waals surface area contributed by atoms with E-state index in [0.29, 0.717) is 36.9 Å². The van der Waals surface area contributed by atoms with Gasteiger partial charge in [0.15, 0.2) is 5.76 Å². The largest absolute Gasteiger partial charge is 0.478 e. The number of Topliss-reactive ketones (excluding diaryl/α,β-unsaturated/α-hetero) is 1. The summed E-state index contributed by atoms with van der Waals surface area (Å²) in [4.78, 5) is 22.1. The zero-order valence-corrected chi connectivity index (χ0v) is 19.9. The lowest BCUT2D eigenvalue weighted by Crippen LogP contribution is -2.32. The van der Waals surface area contributed by atoms with Crippen molar-refractivity contribution in [2.45, 2.75) is 33.9 Å². The lowest BCUT2D eigenvalue weighted by molar-refractivity contribution is 0.0861. The maximum absolute atomic E-state index is 13.3. The van der Waals surface area contributed by atoms with Crippen molar-refractivity contribution < 1.29 is 14.3 Å². The summed E-state index contributed by atoms with van der Waals surface area (Å²) in [7, 11) is 0. The third kappa shape index (κ3) is 4.17. The quantitative estimate of drug-likeness (QED) is 0.476. The van der Waals surface area contributed by atoms with E-state index >= 15 is 0 Å². The molecule has 2 aromatic carbocycles. The number of fused-ring (bicyclic) bond motifs is 3. The van der Waals surface area contributed by atoms with Crippen LogP contribution >= 0.6 is 0 Å². The van der Waals surface area contributed by atoms with Crippen LogP contribution in [0, 0.1) is 6.92 Å². The fraction of sp³-hybridized carbons (Fsp3) is 0.286. The normalized spacial score (nSPS) is 16.1. The highest BCUT2D eigenvalue weighted by atomic mass is 16.5. The van der Waals surface area contributed by atoms with E-state index in [9.17, 15) is 4.79 Å². The molecule has 2 aliphatic heterocycles. The fourth-order valence-corrected chi connectivity index (χ4v) is 4.62. The third-order valence-corrected chi connectivity index (χ3v) is 6.42. The Morgan fingerprint density at radius 2 is 1.91 bits per heavy atom. The molecule has 0 saturated carbocycles. The zero-order chi connectivity index (χ0) is 23.7. The van der Waals surface area contributed by atoms with Crippen LogP contribution in [0.1, 0.15) is 46.6 Å². The van der Waals surface area contributed by atoms with Crippen LogP contribution in [-0.4, -0.2) is 35.5 Å². The van der Waals surface area contributed by atoms with Gasteiger partial charge in [0.2, 0.25) is 5.78 Å². The molecule has 0 radical (unpaired) electrons. The number of carbonyl (C=O) groups excluding carboxylic acids is 1. The van der Waals surface area contributed by atoms with Crippen molar-refractivity contribution in [1.82, 2.24) is 9.88 Å². The number of carbonyl (C=O) groups is 1. The molecular weight excluding hydrogens is 426 g/mol. The van der Waals surface area contributed by atoms with Gasteiger partial charge in [-0.05, 0) is 68.3 Å². The van der Waals surface area contributed by atoms with E-state index in [2.05, 4.69) is 40.8 Å². The third-order valence-electron chi connectivity index (χ3n) is 6.42. The van der Waals surface area contributed by atoms with Gasteiger partial charge in [-0.25, -0.2) is 0 Å². The minimum Gasteiger partial charge on any atom is -0.478 e. The molecule has 34 heavy (non-hydrogen) atoms. The highest BCUT2D eigenvalue weighted by molar-refractivity contribution is 6.15. The number of pyridine rings is 1. The molecule has 0 spiro atoms. The monoisotopic (exact) mass is 455 g/mol. The molecular formula is C28H29N3O3. The Morgan fingerprint density at radius 1 is 1.12 bits per heavy atom. The summed E-state index contributed by atoms with van der Waals surface area (Å²) in [5.74, 6) is 1.68. The van der Waals surface area contributed by atoms with Crippen molar-refractivity contribution in [2.75, 3.05) is 24.7 Å². The molecule has 3 heterocycles. The van der Waals surface area contributed by atoms with Gasteiger partial charge in [0, 0.05) is 38.1 Å². The van der Waals surface area contributed by atoms with E-state index in [0.717, 1.165) is 41.2 Å². The standard InChI is InChI=1S/C28H29N3O3/c1-4-31(5-2)22-11-9-20(10-12-22)15-25-27(32)26-19(3)14-24-23(28(26)34-25)17-30(18-33-24)16-21-8-6-7-13-29-21/h6-15H,4-5,16-18H2,1-3H3/b25-15-. The van der Waals surface area contributed by atoms with Crippen molar-refractivity contribution >= 4 is 17.5 Å². The van der Waals surface area contributed by atoms with E-state index in [-0.39, 0.29) is 5.78 Å². The minimum absolute atomic E-state index is 0.0787. The maximum atomic E-state index is 13.3. The topological polar surface area (TPSA) is 54.9 Å². The molecule has 174 valence electrons. The van der Waals surface area contributed by atoms with Crippen LogP contribution in [0.4, 0.5) is 5.69 Å². The number of ketones is 1. The summed E-state index contributed by atoms with van der Waals surface area (Å²) >= 11 is 0. The smallest absolute Gasteiger partial charge is 0.232 e. The molecule has 0 saturated heterocycles. The summed E-state index contributed by atoms with van der Waals surface area (Å²) < 4.78 is 12.2. The lowest BCUT2D eigenvalue weighted by atomic mass is 9.98. The second-order valence-corrected chi connectivity index (χ2v) is 8.66. The molecule has 0 bridgehead atoms. The number of allylic oxidation sites excluding steroid dienone is 1. The van der Waals surface area contributed by atoms with Crippen molar-refractivity contribution in [2.24, 2.45) is 0 Å². The molecule has 5 rings (SSSR count). The SMILES string of the molecule is CCN(CC)c1ccc(/C=C2\Oc3c4c(cc(C)c3C2=O)OCN(Cc2ccccn2)C4)cc1. The van der Waals surface area contributed by atoms with Gasteiger partial charge in [-0.3, -0.25) is 14.7 Å². The van der Waals surface area contributed by atoms with E-state index < -0.39 is 0 Å². The summed E-state index contributed by atoms with van der Waals surface area (Å²) in [6.45, 7) is 9.91. The van der Waals surface area contributed by atoms with Crippen molar-refractivity contribution in [1.29, 1.82) is 0 Å². The summed E-state index contributed by atoms with van der Waals surface area (Å²) in [6.07, 6.45) is 3.62. The lowest BCUT2D eigenvalue weighted by Gasteiger charge is -2.29. The fourth-order valence-electron chi connectivity index (χ4n) is 4.62. The Morgan fingerprint density at radius 3 is 2.62 bits per heavy atom. The first-order valence-corrected chi connectivity index (χ1v) is 11.8. The molecule has 1 aromatic heterocycles. The molecule has 0 unspecified atom stereocenters. The number of hydrogen-bond acceptors (Lipinski definition) is 6. The Kier molecular flexibility index (Phi) is 6.07. The number of ether oxygens (including phenoxy) is 2. The predicted molar refractivity (Wildman–Crippen MR) is 133 cm³/mol. The van der Waals surface area contributed by atoms with E-state index in [1.54, 1.807) is 6.20 Å². The molecule has 0 N–H and O–H groups in total. The van der Waals surface area contributed by atoms with E-state index in [4.69, 9.17) is 9.47 Å². The first-order chi connectivity index (χ1) is 16.6. The number of rotatable bonds is 6. The first-order valence-electron chi connectivity index (χ1n) is 11.8. The van der Waals surface area contributed by atoms with Gasteiger partial charge in [-0.15, -0.1) is 0 Å². The van der Waals surface area contributed by atoms with Gasteiger partial charge >= 0.3 is 0 Å². The number of aryl methyl sites for hydroxylation is 1. The average Bonchev–Trinajstić information content (AvgIpc) is 3.19. The Labute approximate surface area is 200 Å². The van der Waals surface area contributed by atoms with Crippen LogP contribution in [-0.2, 0) is 13.1 Å². The second kappa shape index (κ2) is 9.31. The molecule has 0 fully saturated rings. The van der Waals surface area contributed by atoms with Crippen LogP contribution < -0.4 is 14.4 Å². The maximum Gasteiger partial charge on any atom is 0.232 e. The van der Waals surface area contributed by atoms with Crippen molar-refractivity contribution in [3.63, 3.8) is 0 Å². The van der Waals surface area contributed by atoms with Crippen LogP contribution in [0.2, 0.25) is 0 Å². The molecule has 0 amide bonds. The number of nitrogens with zero attached hydrogens (tertiary/aromatic N) is 3. The number of anilines is 1. The Bertz CT molecular complexity index is 1230. The molecule has 0 atom stereocenters. The van der Waals surface area contributed by atoms with Gasteiger partial charge in [0.1, 0.15) is 18.2 Å². The van der Waals surface area contributed by atoms with Crippen LogP contribution in [0.25, 0.3) is 6.08 Å². The minimum atomic E-state index is -0.0787. The van der Waals surface area contributed by atoms with Gasteiger partial charge in [0.25, 0.3) is 0 Å². The zero-order valence-electron chi connectivity index (χ0n) is 19.9. The van der Waals surface area contributed by atoms with Crippen molar-refractivity contribution in [3.8, 4) is 11.5 Å². The summed E-state index contributed by atoms with van der Waals surface area (Å²) in [5.41, 5.74) is 5.50. The first kappa shape index (κ1) is 22.2. The van der Waals surface area contributed by atoms with Crippen molar-refractivity contribution in [3.05, 3.63) is 88.4 Å². The van der Waals surface area contributed by atoms with E-state index in [1.165, 1.54) is 5.69 Å². The van der Waals surface area contributed by atoms with Gasteiger partial charge in [-0.2, -0.15) is 0 Å². The summed E-state index contributed by atoms with van der Waals surface area (Å²) in [5, 5.41) is 0. The second-order valence-electron chi connectivity index (χ2n) is 8.66. The predicted octanol–water partition coefficient (Wildman–Crippen LogP) is 5.20. The van der Waals surface area contributed by atoms with Crippen LogP contribution in [0.5, 0.6) is 11.5 Å². The molecule has 2 aliphatic rings. The number of aromatic nitrogens is 1. The van der Waals surface area contributed by atoms with E-state index in [1.807, 2.05) is 49.4 Å². The summed E-state index contributed by atoms with van der Waals surface area (Å²) in [6, 6.07) is 16.1. The highest BCUT2D eigenvalue weighted by Gasteiger charge is 2.35. The van der Waals surface area contributed by atoms with Crippen LogP contribution in [0.3, 0.4) is 0 Å². The molecule has 6 heteroatoms.